The second-order valence-corrected chi connectivity index (χ2v) is 3.87. The Morgan fingerprint density at radius 2 is 2.00 bits per heavy atom. The zero-order valence-corrected chi connectivity index (χ0v) is 9.00. The van der Waals surface area contributed by atoms with Crippen molar-refractivity contribution in [1.29, 1.82) is 0 Å². The Bertz CT molecular complexity index is 660. The van der Waals surface area contributed by atoms with Gasteiger partial charge in [0.25, 0.3) is 0 Å². The zero-order chi connectivity index (χ0) is 10.4. The first-order valence-electron chi connectivity index (χ1n) is 4.34. The van der Waals surface area contributed by atoms with Crippen LogP contribution in [-0.4, -0.2) is 14.4 Å². The topological polar surface area (TPSA) is 30.2 Å². The summed E-state index contributed by atoms with van der Waals surface area (Å²) in [5.74, 6) is 0. The van der Waals surface area contributed by atoms with Crippen LogP contribution in [0, 0.1) is 0 Å². The van der Waals surface area contributed by atoms with Crippen LogP contribution in [0.5, 0.6) is 0 Å². The zero-order valence-electron chi connectivity index (χ0n) is 7.48. The molecule has 0 aliphatic heterocycles. The Balaban J connectivity index is 2.67. The van der Waals surface area contributed by atoms with Gasteiger partial charge in [0.1, 0.15) is 10.7 Å². The van der Waals surface area contributed by atoms with Gasteiger partial charge in [-0.25, -0.2) is 9.97 Å². The summed E-state index contributed by atoms with van der Waals surface area (Å²) in [6.45, 7) is 0. The van der Waals surface area contributed by atoms with Gasteiger partial charge in [-0.15, -0.1) is 0 Å². The highest BCUT2D eigenvalue weighted by molar-refractivity contribution is 6.34. The minimum Gasteiger partial charge on any atom is -0.280 e. The molecular formula is C10H5Cl2N3. The first kappa shape index (κ1) is 8.95. The van der Waals surface area contributed by atoms with Crippen LogP contribution in [0.3, 0.4) is 0 Å². The molecule has 0 radical (unpaired) electrons. The van der Waals surface area contributed by atoms with Gasteiger partial charge < -0.3 is 0 Å². The smallest absolute Gasteiger partial charge is 0.164 e. The van der Waals surface area contributed by atoms with E-state index in [1.807, 2.05) is 18.2 Å². The summed E-state index contributed by atoms with van der Waals surface area (Å²) in [5.41, 5.74) is 2.22. The lowest BCUT2D eigenvalue weighted by atomic mass is 10.4. The molecule has 74 valence electrons. The van der Waals surface area contributed by atoms with Crippen LogP contribution < -0.4 is 0 Å². The fourth-order valence-corrected chi connectivity index (χ4v) is 2.07. The fraction of sp³-hybridized carbons (Fsp3) is 0. The van der Waals surface area contributed by atoms with Crippen molar-refractivity contribution in [2.45, 2.75) is 0 Å². The molecule has 3 aromatic rings. The second kappa shape index (κ2) is 3.08. The molecule has 3 aromatic heterocycles. The summed E-state index contributed by atoms with van der Waals surface area (Å²) in [6, 6.07) is 7.27. The minimum absolute atomic E-state index is 0.433. The normalized spacial score (nSPS) is 11.3. The van der Waals surface area contributed by atoms with E-state index in [-0.39, 0.29) is 0 Å². The van der Waals surface area contributed by atoms with Crippen LogP contribution in [-0.2, 0) is 0 Å². The van der Waals surface area contributed by atoms with Gasteiger partial charge in [0.15, 0.2) is 10.8 Å². The van der Waals surface area contributed by atoms with Crippen LogP contribution in [0.4, 0.5) is 0 Å². The number of fused-ring (bicyclic) bond motifs is 3. The van der Waals surface area contributed by atoms with E-state index in [4.69, 9.17) is 23.2 Å². The first-order valence-corrected chi connectivity index (χ1v) is 5.10. The van der Waals surface area contributed by atoms with Crippen molar-refractivity contribution < 1.29 is 0 Å². The van der Waals surface area contributed by atoms with Crippen molar-refractivity contribution in [3.63, 3.8) is 0 Å². The van der Waals surface area contributed by atoms with E-state index in [1.165, 1.54) is 0 Å². The largest absolute Gasteiger partial charge is 0.280 e. The van der Waals surface area contributed by atoms with E-state index < -0.39 is 0 Å². The highest BCUT2D eigenvalue weighted by Gasteiger charge is 2.09. The molecule has 15 heavy (non-hydrogen) atoms. The molecule has 0 atom stereocenters. The maximum atomic E-state index is 6.06. The molecule has 0 saturated heterocycles. The van der Waals surface area contributed by atoms with Crippen LogP contribution in [0.25, 0.3) is 16.7 Å². The highest BCUT2D eigenvalue weighted by Crippen LogP contribution is 2.25. The predicted molar refractivity (Wildman–Crippen MR) is 60.5 cm³/mol. The highest BCUT2D eigenvalue weighted by atomic mass is 35.5. The molecule has 3 nitrogen and oxygen atoms in total. The summed E-state index contributed by atoms with van der Waals surface area (Å²) >= 11 is 12.1. The van der Waals surface area contributed by atoms with Gasteiger partial charge in [-0.05, 0) is 24.3 Å². The molecule has 0 amide bonds. The average molecular weight is 238 g/mol. The number of halogens is 2. The molecule has 0 saturated carbocycles. The predicted octanol–water partition coefficient (Wildman–Crippen LogP) is 3.19. The van der Waals surface area contributed by atoms with Gasteiger partial charge >= 0.3 is 0 Å². The Morgan fingerprint density at radius 1 is 1.13 bits per heavy atom. The molecule has 5 heteroatoms. The summed E-state index contributed by atoms with van der Waals surface area (Å²) in [5, 5.41) is 1.01. The Hall–Kier alpha value is -1.32. The van der Waals surface area contributed by atoms with Crippen LogP contribution >= 0.6 is 23.2 Å². The molecule has 0 N–H and O–H groups in total. The number of pyridine rings is 1. The molecule has 0 unspecified atom stereocenters. The molecule has 3 rings (SSSR count). The average Bonchev–Trinajstić information content (AvgIpc) is 2.62. The van der Waals surface area contributed by atoms with E-state index in [9.17, 15) is 0 Å². The SMILES string of the molecule is Clc1nc2cccnc2n2c(Cl)ccc12. The van der Waals surface area contributed by atoms with Crippen molar-refractivity contribution in [1.82, 2.24) is 14.4 Å². The van der Waals surface area contributed by atoms with Gasteiger partial charge in [-0.3, -0.25) is 4.40 Å². The first-order chi connectivity index (χ1) is 7.27. The van der Waals surface area contributed by atoms with Crippen LogP contribution in [0.2, 0.25) is 10.3 Å². The van der Waals surface area contributed by atoms with Crippen molar-refractivity contribution >= 4 is 39.9 Å². The van der Waals surface area contributed by atoms with E-state index >= 15 is 0 Å². The fourth-order valence-electron chi connectivity index (χ4n) is 1.60. The third kappa shape index (κ3) is 1.20. The van der Waals surface area contributed by atoms with Crippen molar-refractivity contribution in [3.8, 4) is 0 Å². The minimum atomic E-state index is 0.433. The second-order valence-electron chi connectivity index (χ2n) is 3.13. The third-order valence-corrected chi connectivity index (χ3v) is 2.81. The summed E-state index contributed by atoms with van der Waals surface area (Å²) in [7, 11) is 0. The van der Waals surface area contributed by atoms with Gasteiger partial charge in [0, 0.05) is 6.20 Å². The summed E-state index contributed by atoms with van der Waals surface area (Å²) in [4.78, 5) is 8.48. The molecular weight excluding hydrogens is 233 g/mol. The Labute approximate surface area is 95.3 Å². The molecule has 0 aliphatic carbocycles. The Morgan fingerprint density at radius 3 is 2.87 bits per heavy atom. The standard InChI is InChI=1S/C10H5Cl2N3/c11-8-4-3-7-9(12)14-6-2-1-5-13-10(6)15(7)8/h1-5H. The molecule has 0 bridgehead atoms. The van der Waals surface area contributed by atoms with Crippen molar-refractivity contribution in [3.05, 3.63) is 40.8 Å². The maximum Gasteiger partial charge on any atom is 0.164 e. The van der Waals surface area contributed by atoms with Crippen molar-refractivity contribution in [2.24, 2.45) is 0 Å². The number of aromatic nitrogens is 3. The van der Waals surface area contributed by atoms with Gasteiger partial charge in [-0.1, -0.05) is 23.2 Å². The molecule has 3 heterocycles. The molecule has 0 aliphatic rings. The third-order valence-electron chi connectivity index (χ3n) is 2.24. The lowest BCUT2D eigenvalue weighted by Crippen LogP contribution is -1.94. The lowest BCUT2D eigenvalue weighted by Gasteiger charge is -2.03. The van der Waals surface area contributed by atoms with Gasteiger partial charge in [0.2, 0.25) is 0 Å². The van der Waals surface area contributed by atoms with E-state index in [1.54, 1.807) is 16.7 Å². The van der Waals surface area contributed by atoms with Gasteiger partial charge in [-0.2, -0.15) is 0 Å². The van der Waals surface area contributed by atoms with E-state index in [0.29, 0.717) is 16.0 Å². The van der Waals surface area contributed by atoms with E-state index in [0.717, 1.165) is 11.0 Å². The number of rotatable bonds is 0. The van der Waals surface area contributed by atoms with Gasteiger partial charge in [0.05, 0.1) is 5.52 Å². The maximum absolute atomic E-state index is 6.06. The number of hydrogen-bond donors (Lipinski definition) is 0. The molecule has 0 aromatic carbocycles. The van der Waals surface area contributed by atoms with E-state index in [2.05, 4.69) is 9.97 Å². The monoisotopic (exact) mass is 237 g/mol. The Kier molecular flexibility index (Phi) is 1.84. The van der Waals surface area contributed by atoms with Crippen molar-refractivity contribution in [2.75, 3.05) is 0 Å². The quantitative estimate of drug-likeness (QED) is 0.602. The summed E-state index contributed by atoms with van der Waals surface area (Å²) < 4.78 is 1.78. The molecule has 0 fully saturated rings. The number of nitrogens with zero attached hydrogens (tertiary/aromatic N) is 3. The van der Waals surface area contributed by atoms with Crippen LogP contribution in [0.1, 0.15) is 0 Å². The number of hydrogen-bond acceptors (Lipinski definition) is 2. The van der Waals surface area contributed by atoms with Crippen LogP contribution in [0.15, 0.2) is 30.5 Å². The lowest BCUT2D eigenvalue weighted by molar-refractivity contribution is 1.17. The molecule has 0 spiro atoms. The summed E-state index contributed by atoms with van der Waals surface area (Å²) in [6.07, 6.45) is 1.70.